The highest BCUT2D eigenvalue weighted by molar-refractivity contribution is 7.20. The van der Waals surface area contributed by atoms with E-state index >= 15 is 0 Å². The van der Waals surface area contributed by atoms with E-state index in [1.165, 1.54) is 11.3 Å². The zero-order valence-electron chi connectivity index (χ0n) is 16.2. The first-order valence-corrected chi connectivity index (χ1v) is 11.0. The summed E-state index contributed by atoms with van der Waals surface area (Å²) in [4.78, 5) is 34.3. The molecule has 2 fully saturated rings. The molecule has 0 unspecified atom stereocenters. The van der Waals surface area contributed by atoms with Gasteiger partial charge in [0, 0.05) is 38.9 Å². The first kappa shape index (κ1) is 18.3. The molecule has 0 bridgehead atoms. The van der Waals surface area contributed by atoms with Crippen LogP contribution in [0.25, 0.3) is 10.2 Å². The maximum absolute atomic E-state index is 13.2. The molecule has 2 aromatic rings. The lowest BCUT2D eigenvalue weighted by Gasteiger charge is -2.37. The quantitative estimate of drug-likeness (QED) is 0.731. The molecule has 7 nitrogen and oxygen atoms in total. The van der Waals surface area contributed by atoms with E-state index in [9.17, 15) is 9.59 Å². The summed E-state index contributed by atoms with van der Waals surface area (Å²) in [5.74, 6) is 0.364. The highest BCUT2D eigenvalue weighted by Gasteiger charge is 2.41. The molecule has 150 valence electrons. The van der Waals surface area contributed by atoms with Crippen LogP contribution in [0.5, 0.6) is 0 Å². The number of piperidine rings is 1. The van der Waals surface area contributed by atoms with Crippen molar-refractivity contribution in [2.45, 2.75) is 57.8 Å². The zero-order chi connectivity index (χ0) is 19.3. The molecule has 3 aliphatic heterocycles. The van der Waals surface area contributed by atoms with Gasteiger partial charge in [0.05, 0.1) is 23.5 Å². The van der Waals surface area contributed by atoms with Gasteiger partial charge in [-0.1, -0.05) is 6.42 Å². The van der Waals surface area contributed by atoms with E-state index in [0.29, 0.717) is 54.2 Å². The molecule has 2 saturated heterocycles. The molecule has 2 aromatic heterocycles. The summed E-state index contributed by atoms with van der Waals surface area (Å²) < 4.78 is 13.3. The summed E-state index contributed by atoms with van der Waals surface area (Å²) in [6.45, 7) is 5.08. The van der Waals surface area contributed by atoms with Crippen LogP contribution in [-0.2, 0) is 22.4 Å². The largest absolute Gasteiger partial charge is 0.347 e. The molecular formula is C20H25N3O4S. The van der Waals surface area contributed by atoms with E-state index in [0.717, 1.165) is 43.6 Å². The van der Waals surface area contributed by atoms with Gasteiger partial charge in [-0.3, -0.25) is 14.2 Å². The van der Waals surface area contributed by atoms with Crippen molar-refractivity contribution in [2.24, 2.45) is 0 Å². The van der Waals surface area contributed by atoms with Gasteiger partial charge in [-0.05, 0) is 25.3 Å². The Bertz CT molecular complexity index is 979. The van der Waals surface area contributed by atoms with E-state index in [2.05, 4.69) is 0 Å². The molecule has 28 heavy (non-hydrogen) atoms. The third-order valence-corrected chi connectivity index (χ3v) is 7.41. The summed E-state index contributed by atoms with van der Waals surface area (Å²) in [7, 11) is 0. The SMILES string of the molecule is Cc1c(C(=O)N2CCC3(CC2)OCCO3)sc2nc3n(c(=O)c12)CCCCC3. The number of hydrogen-bond donors (Lipinski definition) is 0. The molecule has 0 saturated carbocycles. The Morgan fingerprint density at radius 1 is 1.11 bits per heavy atom. The Morgan fingerprint density at radius 3 is 2.61 bits per heavy atom. The van der Waals surface area contributed by atoms with Crippen LogP contribution < -0.4 is 5.56 Å². The lowest BCUT2D eigenvalue weighted by atomic mass is 10.0. The average molecular weight is 404 g/mol. The smallest absolute Gasteiger partial charge is 0.264 e. The van der Waals surface area contributed by atoms with Crippen LogP contribution >= 0.6 is 11.3 Å². The van der Waals surface area contributed by atoms with Gasteiger partial charge in [0.2, 0.25) is 0 Å². The first-order valence-electron chi connectivity index (χ1n) is 10.2. The Balaban J connectivity index is 1.46. The molecule has 0 radical (unpaired) electrons. The fraction of sp³-hybridized carbons (Fsp3) is 0.650. The van der Waals surface area contributed by atoms with Crippen molar-refractivity contribution in [3.8, 4) is 0 Å². The monoisotopic (exact) mass is 403 g/mol. The summed E-state index contributed by atoms with van der Waals surface area (Å²) in [6, 6.07) is 0. The zero-order valence-corrected chi connectivity index (χ0v) is 17.0. The Hall–Kier alpha value is -1.77. The van der Waals surface area contributed by atoms with E-state index in [1.807, 2.05) is 16.4 Å². The van der Waals surface area contributed by atoms with Crippen LogP contribution in [0.1, 0.15) is 53.2 Å². The normalized spacial score (nSPS) is 21.8. The number of aromatic nitrogens is 2. The number of rotatable bonds is 1. The molecule has 0 aliphatic carbocycles. The predicted molar refractivity (Wildman–Crippen MR) is 106 cm³/mol. The summed E-state index contributed by atoms with van der Waals surface area (Å²) in [5, 5.41) is 0.620. The van der Waals surface area contributed by atoms with Crippen molar-refractivity contribution < 1.29 is 14.3 Å². The number of ether oxygens (including phenoxy) is 2. The minimum atomic E-state index is -0.496. The number of carbonyl (C=O) groups excluding carboxylic acids is 1. The van der Waals surface area contributed by atoms with Crippen molar-refractivity contribution in [3.63, 3.8) is 0 Å². The van der Waals surface area contributed by atoms with Gasteiger partial charge in [0.25, 0.3) is 11.5 Å². The van der Waals surface area contributed by atoms with Gasteiger partial charge in [-0.2, -0.15) is 0 Å². The number of aryl methyl sites for hydroxylation is 2. The van der Waals surface area contributed by atoms with Crippen LogP contribution in [0.3, 0.4) is 0 Å². The molecule has 5 heterocycles. The van der Waals surface area contributed by atoms with Crippen molar-refractivity contribution in [1.29, 1.82) is 0 Å². The highest BCUT2D eigenvalue weighted by Crippen LogP contribution is 2.34. The van der Waals surface area contributed by atoms with Gasteiger partial charge < -0.3 is 14.4 Å². The van der Waals surface area contributed by atoms with Gasteiger partial charge in [-0.15, -0.1) is 11.3 Å². The number of thiophene rings is 1. The van der Waals surface area contributed by atoms with Crippen LogP contribution in [0.2, 0.25) is 0 Å². The van der Waals surface area contributed by atoms with E-state index in [1.54, 1.807) is 0 Å². The topological polar surface area (TPSA) is 73.7 Å². The van der Waals surface area contributed by atoms with E-state index in [4.69, 9.17) is 14.5 Å². The van der Waals surface area contributed by atoms with Gasteiger partial charge in [-0.25, -0.2) is 4.98 Å². The van der Waals surface area contributed by atoms with Gasteiger partial charge >= 0.3 is 0 Å². The molecule has 0 N–H and O–H groups in total. The first-order chi connectivity index (χ1) is 13.6. The fourth-order valence-corrected chi connectivity index (χ4v) is 5.75. The Morgan fingerprint density at radius 2 is 1.86 bits per heavy atom. The summed E-state index contributed by atoms with van der Waals surface area (Å²) in [6.07, 6.45) is 5.42. The van der Waals surface area contributed by atoms with Crippen LogP contribution in [0.15, 0.2) is 4.79 Å². The number of nitrogens with zero attached hydrogens (tertiary/aromatic N) is 3. The highest BCUT2D eigenvalue weighted by atomic mass is 32.1. The van der Waals surface area contributed by atoms with Crippen LogP contribution in [-0.4, -0.2) is 52.4 Å². The minimum Gasteiger partial charge on any atom is -0.347 e. The number of hydrogen-bond acceptors (Lipinski definition) is 6. The van der Waals surface area contributed by atoms with Crippen molar-refractivity contribution >= 4 is 27.5 Å². The van der Waals surface area contributed by atoms with Gasteiger partial charge in [0.1, 0.15) is 10.7 Å². The average Bonchev–Trinajstić information content (AvgIpc) is 3.19. The Labute approximate surface area is 167 Å². The molecule has 0 atom stereocenters. The lowest BCUT2D eigenvalue weighted by Crippen LogP contribution is -2.47. The molecule has 8 heteroatoms. The fourth-order valence-electron chi connectivity index (χ4n) is 4.59. The van der Waals surface area contributed by atoms with Crippen molar-refractivity contribution in [2.75, 3.05) is 26.3 Å². The lowest BCUT2D eigenvalue weighted by molar-refractivity contribution is -0.181. The van der Waals surface area contributed by atoms with E-state index in [-0.39, 0.29) is 11.5 Å². The molecule has 3 aliphatic rings. The second-order valence-corrected chi connectivity index (χ2v) is 8.93. The van der Waals surface area contributed by atoms with Gasteiger partial charge in [0.15, 0.2) is 5.79 Å². The van der Waals surface area contributed by atoms with Crippen molar-refractivity contribution in [3.05, 3.63) is 26.6 Å². The molecule has 0 aromatic carbocycles. The second kappa shape index (κ2) is 6.93. The summed E-state index contributed by atoms with van der Waals surface area (Å²) >= 11 is 1.37. The maximum atomic E-state index is 13.2. The molecular weight excluding hydrogens is 378 g/mol. The number of amides is 1. The van der Waals surface area contributed by atoms with Crippen LogP contribution in [0, 0.1) is 6.92 Å². The minimum absolute atomic E-state index is 0.00654. The molecule has 1 spiro atoms. The summed E-state index contributed by atoms with van der Waals surface area (Å²) in [5.41, 5.74) is 0.788. The van der Waals surface area contributed by atoms with E-state index < -0.39 is 5.79 Å². The second-order valence-electron chi connectivity index (χ2n) is 7.93. The molecule has 5 rings (SSSR count). The number of likely N-dealkylation sites (tertiary alicyclic amines) is 1. The Kier molecular flexibility index (Phi) is 4.52. The standard InChI is InChI=1S/C20H25N3O4S/c1-13-15-17(21-14-5-3-2-4-8-23(14)18(15)24)28-16(13)19(25)22-9-6-20(7-10-22)26-11-12-27-20/h2-12H2,1H3. The maximum Gasteiger partial charge on any atom is 0.264 e. The van der Waals surface area contributed by atoms with Crippen LogP contribution in [0.4, 0.5) is 0 Å². The number of fused-ring (bicyclic) bond motifs is 2. The van der Waals surface area contributed by atoms with Crippen molar-refractivity contribution in [1.82, 2.24) is 14.5 Å². The number of carbonyl (C=O) groups is 1. The predicted octanol–water partition coefficient (Wildman–Crippen LogP) is 2.47. The third-order valence-electron chi connectivity index (χ3n) is 6.23. The molecule has 1 amide bonds. The third kappa shape index (κ3) is 2.89.